The van der Waals surface area contributed by atoms with E-state index in [1.807, 2.05) is 10.7 Å². The molecule has 2 heterocycles. The lowest BCUT2D eigenvalue weighted by atomic mass is 10.2. The number of likely N-dealkylation sites (tertiary alicyclic amines) is 1. The summed E-state index contributed by atoms with van der Waals surface area (Å²) in [6.45, 7) is 12.4. The molecule has 1 atom stereocenters. The third-order valence-corrected chi connectivity index (χ3v) is 5.26. The number of hydrogen-bond acceptors (Lipinski definition) is 3. The van der Waals surface area contributed by atoms with Crippen molar-refractivity contribution in [3.05, 3.63) is 47.8 Å². The summed E-state index contributed by atoms with van der Waals surface area (Å²) in [5.41, 5.74) is 3.63. The van der Waals surface area contributed by atoms with Gasteiger partial charge in [-0.05, 0) is 51.5 Å². The first-order valence-corrected chi connectivity index (χ1v) is 9.28. The highest BCUT2D eigenvalue weighted by molar-refractivity contribution is 5.32. The van der Waals surface area contributed by atoms with Crippen molar-refractivity contribution in [1.82, 2.24) is 19.6 Å². The highest BCUT2D eigenvalue weighted by Gasteiger charge is 2.26. The second-order valence-electron chi connectivity index (χ2n) is 6.77. The molecule has 1 saturated heterocycles. The zero-order valence-electron chi connectivity index (χ0n) is 15.3. The van der Waals surface area contributed by atoms with E-state index in [2.05, 4.69) is 61.0 Å². The number of likely N-dealkylation sites (N-methyl/N-ethyl adjacent to an activating group) is 1. The maximum Gasteiger partial charge on any atom is 0.0645 e. The van der Waals surface area contributed by atoms with Crippen molar-refractivity contribution in [1.29, 1.82) is 0 Å². The molecular weight excluding hydrogens is 296 g/mol. The molecule has 1 aliphatic rings. The molecule has 0 radical (unpaired) electrons. The van der Waals surface area contributed by atoms with Crippen molar-refractivity contribution in [2.24, 2.45) is 0 Å². The van der Waals surface area contributed by atoms with Gasteiger partial charge in [0.25, 0.3) is 0 Å². The minimum Gasteiger partial charge on any atom is -0.302 e. The third kappa shape index (κ3) is 3.87. The molecule has 0 amide bonds. The molecule has 0 N–H and O–H groups in total. The zero-order chi connectivity index (χ0) is 16.9. The van der Waals surface area contributed by atoms with Crippen molar-refractivity contribution >= 4 is 0 Å². The van der Waals surface area contributed by atoms with Crippen LogP contribution in [-0.4, -0.2) is 51.8 Å². The van der Waals surface area contributed by atoms with Gasteiger partial charge in [0.2, 0.25) is 0 Å². The molecule has 0 aliphatic carbocycles. The van der Waals surface area contributed by atoms with Crippen LogP contribution in [-0.2, 0) is 6.54 Å². The Labute approximate surface area is 146 Å². The van der Waals surface area contributed by atoms with Crippen LogP contribution in [0.1, 0.15) is 37.9 Å². The van der Waals surface area contributed by atoms with Gasteiger partial charge in [0.1, 0.15) is 0 Å². The Bertz CT molecular complexity index is 630. The van der Waals surface area contributed by atoms with Crippen LogP contribution in [0.3, 0.4) is 0 Å². The number of nitrogens with zero attached hydrogens (tertiary/aromatic N) is 4. The molecule has 0 bridgehead atoms. The Kier molecular flexibility index (Phi) is 5.69. The third-order valence-electron chi connectivity index (χ3n) is 5.26. The van der Waals surface area contributed by atoms with Crippen LogP contribution in [0, 0.1) is 6.92 Å². The van der Waals surface area contributed by atoms with Crippen LogP contribution in [0.5, 0.6) is 0 Å². The van der Waals surface area contributed by atoms with E-state index in [0.717, 1.165) is 31.0 Å². The average Bonchev–Trinajstić information content (AvgIpc) is 3.20. The average molecular weight is 326 g/mol. The van der Waals surface area contributed by atoms with Gasteiger partial charge in [-0.1, -0.05) is 32.0 Å². The molecule has 0 spiro atoms. The summed E-state index contributed by atoms with van der Waals surface area (Å²) in [5.74, 6) is 0. The molecule has 0 unspecified atom stereocenters. The lowest BCUT2D eigenvalue weighted by Gasteiger charge is -2.29. The number of para-hydroxylation sites is 1. The maximum absolute atomic E-state index is 4.72. The van der Waals surface area contributed by atoms with Gasteiger partial charge in [-0.15, -0.1) is 0 Å². The monoisotopic (exact) mass is 326 g/mol. The normalized spacial score (nSPS) is 18.6. The molecule has 1 aromatic carbocycles. The van der Waals surface area contributed by atoms with Gasteiger partial charge in [0.05, 0.1) is 11.4 Å². The van der Waals surface area contributed by atoms with Crippen molar-refractivity contribution in [3.8, 4) is 5.69 Å². The van der Waals surface area contributed by atoms with E-state index in [4.69, 9.17) is 5.10 Å². The summed E-state index contributed by atoms with van der Waals surface area (Å²) < 4.78 is 2.01. The van der Waals surface area contributed by atoms with Crippen LogP contribution in [0.25, 0.3) is 5.69 Å². The maximum atomic E-state index is 4.72. The predicted molar refractivity (Wildman–Crippen MR) is 99.5 cm³/mol. The largest absolute Gasteiger partial charge is 0.302 e. The number of benzene rings is 1. The van der Waals surface area contributed by atoms with E-state index in [1.54, 1.807) is 0 Å². The highest BCUT2D eigenvalue weighted by Crippen LogP contribution is 2.22. The topological polar surface area (TPSA) is 24.3 Å². The second kappa shape index (κ2) is 7.95. The number of hydrogen-bond donors (Lipinski definition) is 0. The Morgan fingerprint density at radius 1 is 1.17 bits per heavy atom. The van der Waals surface area contributed by atoms with Crippen LogP contribution in [0.15, 0.2) is 36.5 Å². The number of aromatic nitrogens is 2. The van der Waals surface area contributed by atoms with E-state index < -0.39 is 0 Å². The SMILES string of the molecule is CCN(CC)C[C@@H]1CCCN1Cc1cn(-c2ccccc2)nc1C. The molecular formula is C20H30N4. The quantitative estimate of drug-likeness (QED) is 0.778. The summed E-state index contributed by atoms with van der Waals surface area (Å²) in [7, 11) is 0. The Hall–Kier alpha value is -1.65. The Morgan fingerprint density at radius 2 is 1.92 bits per heavy atom. The van der Waals surface area contributed by atoms with Gasteiger partial charge in [-0.2, -0.15) is 5.10 Å². The number of rotatable bonds is 7. The van der Waals surface area contributed by atoms with Crippen LogP contribution in [0.2, 0.25) is 0 Å². The van der Waals surface area contributed by atoms with E-state index in [0.29, 0.717) is 6.04 Å². The van der Waals surface area contributed by atoms with Crippen LogP contribution >= 0.6 is 0 Å². The van der Waals surface area contributed by atoms with Crippen molar-refractivity contribution in [2.45, 2.75) is 46.2 Å². The first-order chi connectivity index (χ1) is 11.7. The molecule has 4 heteroatoms. The van der Waals surface area contributed by atoms with Gasteiger partial charge in [-0.25, -0.2) is 4.68 Å². The summed E-state index contributed by atoms with van der Waals surface area (Å²) in [6.07, 6.45) is 4.84. The van der Waals surface area contributed by atoms with Crippen molar-refractivity contribution < 1.29 is 0 Å². The Morgan fingerprint density at radius 3 is 2.62 bits per heavy atom. The second-order valence-corrected chi connectivity index (χ2v) is 6.77. The molecule has 24 heavy (non-hydrogen) atoms. The van der Waals surface area contributed by atoms with Crippen LogP contribution < -0.4 is 0 Å². The van der Waals surface area contributed by atoms with Gasteiger partial charge in [0, 0.05) is 30.9 Å². The van der Waals surface area contributed by atoms with E-state index in [-0.39, 0.29) is 0 Å². The van der Waals surface area contributed by atoms with Gasteiger partial charge >= 0.3 is 0 Å². The van der Waals surface area contributed by atoms with E-state index in [9.17, 15) is 0 Å². The van der Waals surface area contributed by atoms with E-state index >= 15 is 0 Å². The fraction of sp³-hybridized carbons (Fsp3) is 0.550. The van der Waals surface area contributed by atoms with Crippen molar-refractivity contribution in [3.63, 3.8) is 0 Å². The summed E-state index contributed by atoms with van der Waals surface area (Å²) >= 11 is 0. The van der Waals surface area contributed by atoms with Gasteiger partial charge in [-0.3, -0.25) is 4.90 Å². The highest BCUT2D eigenvalue weighted by atomic mass is 15.3. The number of aryl methyl sites for hydroxylation is 1. The molecule has 1 fully saturated rings. The smallest absolute Gasteiger partial charge is 0.0645 e. The first-order valence-electron chi connectivity index (χ1n) is 9.28. The summed E-state index contributed by atoms with van der Waals surface area (Å²) in [4.78, 5) is 5.20. The lowest BCUT2D eigenvalue weighted by Crippen LogP contribution is -2.40. The zero-order valence-corrected chi connectivity index (χ0v) is 15.3. The van der Waals surface area contributed by atoms with Crippen LogP contribution in [0.4, 0.5) is 0 Å². The minimum absolute atomic E-state index is 0.685. The molecule has 130 valence electrons. The fourth-order valence-corrected chi connectivity index (χ4v) is 3.67. The molecule has 2 aromatic rings. The standard InChI is InChI=1S/C20H30N4/c1-4-22(5-2)16-20-12-9-13-23(20)14-18-15-24(21-17(18)3)19-10-7-6-8-11-19/h6-8,10-11,15,20H,4-5,9,12-14,16H2,1-3H3/t20-/m0/s1. The van der Waals surface area contributed by atoms with E-state index in [1.165, 1.54) is 31.5 Å². The minimum atomic E-state index is 0.685. The van der Waals surface area contributed by atoms with Gasteiger partial charge < -0.3 is 4.90 Å². The summed E-state index contributed by atoms with van der Waals surface area (Å²) in [5, 5.41) is 4.72. The molecule has 4 nitrogen and oxygen atoms in total. The molecule has 1 aliphatic heterocycles. The molecule has 1 aromatic heterocycles. The lowest BCUT2D eigenvalue weighted by molar-refractivity contribution is 0.175. The van der Waals surface area contributed by atoms with Crippen molar-refractivity contribution in [2.75, 3.05) is 26.2 Å². The molecule has 0 saturated carbocycles. The predicted octanol–water partition coefficient (Wildman–Crippen LogP) is 3.49. The first kappa shape index (κ1) is 17.2. The van der Waals surface area contributed by atoms with Gasteiger partial charge in [0.15, 0.2) is 0 Å². The Balaban J connectivity index is 1.70. The molecule has 3 rings (SSSR count). The fourth-order valence-electron chi connectivity index (χ4n) is 3.67. The summed E-state index contributed by atoms with van der Waals surface area (Å²) in [6, 6.07) is 11.1.